The summed E-state index contributed by atoms with van der Waals surface area (Å²) in [5.74, 6) is 0.448. The Morgan fingerprint density at radius 2 is 2.07 bits per heavy atom. The Morgan fingerprint density at radius 3 is 2.71 bits per heavy atom. The number of oxazole rings is 1. The molecule has 0 saturated carbocycles. The number of nitro groups is 1. The van der Waals surface area contributed by atoms with E-state index in [0.29, 0.717) is 36.7 Å². The molecule has 0 bridgehead atoms. The number of non-ortho nitro benzene ring substituents is 1. The van der Waals surface area contributed by atoms with E-state index in [0.717, 1.165) is 19.3 Å². The van der Waals surface area contributed by atoms with Crippen LogP contribution in [0.15, 0.2) is 22.6 Å². The quantitative estimate of drug-likeness (QED) is 0.556. The van der Waals surface area contributed by atoms with Crippen molar-refractivity contribution in [3.8, 4) is 6.08 Å². The first-order chi connectivity index (χ1) is 13.2. The van der Waals surface area contributed by atoms with Crippen molar-refractivity contribution in [2.24, 2.45) is 5.92 Å². The first-order valence-electron chi connectivity index (χ1n) is 9.37. The fourth-order valence-corrected chi connectivity index (χ4v) is 3.11. The van der Waals surface area contributed by atoms with Crippen LogP contribution in [0.1, 0.15) is 40.0 Å². The van der Waals surface area contributed by atoms with Gasteiger partial charge in [-0.25, -0.2) is 4.79 Å². The molecule has 1 aromatic heterocycles. The lowest BCUT2D eigenvalue weighted by Crippen LogP contribution is -2.41. The predicted molar refractivity (Wildman–Crippen MR) is 101 cm³/mol. The van der Waals surface area contributed by atoms with Crippen molar-refractivity contribution >= 4 is 22.9 Å². The van der Waals surface area contributed by atoms with E-state index in [1.54, 1.807) is 4.90 Å². The van der Waals surface area contributed by atoms with Gasteiger partial charge in [-0.15, -0.1) is 0 Å². The number of benzene rings is 1. The first-order valence-corrected chi connectivity index (χ1v) is 9.37. The molecule has 1 saturated heterocycles. The molecule has 28 heavy (non-hydrogen) atoms. The summed E-state index contributed by atoms with van der Waals surface area (Å²) in [7, 11) is 0. The van der Waals surface area contributed by atoms with Gasteiger partial charge in [-0.1, -0.05) is 0 Å². The van der Waals surface area contributed by atoms with E-state index in [2.05, 4.69) is 4.98 Å². The van der Waals surface area contributed by atoms with E-state index in [9.17, 15) is 14.9 Å². The topological polar surface area (TPSA) is 108 Å². The van der Waals surface area contributed by atoms with E-state index in [1.807, 2.05) is 20.8 Å². The second kappa shape index (κ2) is 8.04. The van der Waals surface area contributed by atoms with Crippen molar-refractivity contribution in [3.63, 3.8) is 0 Å². The molecule has 1 aliphatic rings. The maximum atomic E-state index is 12.1. The second-order valence-corrected chi connectivity index (χ2v) is 7.94. The van der Waals surface area contributed by atoms with Crippen LogP contribution in [0.4, 0.5) is 10.5 Å². The number of piperidine rings is 1. The highest BCUT2D eigenvalue weighted by Gasteiger charge is 2.26. The molecule has 9 nitrogen and oxygen atoms in total. The van der Waals surface area contributed by atoms with E-state index in [1.165, 1.54) is 18.2 Å². The third-order valence-corrected chi connectivity index (χ3v) is 4.58. The molecule has 2 aromatic rings. The van der Waals surface area contributed by atoms with Crippen molar-refractivity contribution in [1.29, 1.82) is 0 Å². The maximum absolute atomic E-state index is 12.1. The molecule has 0 spiro atoms. The predicted octanol–water partition coefficient (Wildman–Crippen LogP) is 4.15. The second-order valence-electron chi connectivity index (χ2n) is 7.94. The maximum Gasteiger partial charge on any atom is 0.410 e. The van der Waals surface area contributed by atoms with E-state index in [-0.39, 0.29) is 17.9 Å². The van der Waals surface area contributed by atoms with Crippen LogP contribution >= 0.6 is 0 Å². The third-order valence-electron chi connectivity index (χ3n) is 4.58. The SMILES string of the molecule is CC(C)(C)OC(=O)N1CCC(CCOc2nc3cc([N+](=O)[O-])ccc3o2)CC1. The smallest absolute Gasteiger partial charge is 0.410 e. The van der Waals surface area contributed by atoms with Gasteiger partial charge in [0.1, 0.15) is 11.1 Å². The molecule has 9 heteroatoms. The Kier molecular flexibility index (Phi) is 5.71. The summed E-state index contributed by atoms with van der Waals surface area (Å²) < 4.78 is 16.4. The highest BCUT2D eigenvalue weighted by molar-refractivity contribution is 5.75. The van der Waals surface area contributed by atoms with Gasteiger partial charge in [0.25, 0.3) is 5.69 Å². The van der Waals surface area contributed by atoms with Gasteiger partial charge in [-0.05, 0) is 52.0 Å². The number of fused-ring (bicyclic) bond motifs is 1. The minimum atomic E-state index is -0.484. The third kappa shape index (κ3) is 5.11. The van der Waals surface area contributed by atoms with Crippen molar-refractivity contribution in [2.75, 3.05) is 19.7 Å². The van der Waals surface area contributed by atoms with Crippen LogP contribution in [-0.2, 0) is 4.74 Å². The summed E-state index contributed by atoms with van der Waals surface area (Å²) in [4.78, 5) is 28.3. The number of nitro benzene ring substituents is 1. The average molecular weight is 391 g/mol. The van der Waals surface area contributed by atoms with Gasteiger partial charge < -0.3 is 18.8 Å². The van der Waals surface area contributed by atoms with Crippen molar-refractivity contribution in [2.45, 2.75) is 45.6 Å². The standard InChI is InChI=1S/C19H25N3O6/c1-19(2,3)28-18(23)21-9-6-13(7-10-21)8-11-26-17-20-15-12-14(22(24)25)4-5-16(15)27-17/h4-5,12-13H,6-11H2,1-3H3. The van der Waals surface area contributed by atoms with Crippen LogP contribution in [-0.4, -0.2) is 46.2 Å². The molecule has 1 aliphatic heterocycles. The molecule has 0 atom stereocenters. The minimum Gasteiger partial charge on any atom is -0.450 e. The number of carbonyl (C=O) groups is 1. The van der Waals surface area contributed by atoms with E-state index in [4.69, 9.17) is 13.9 Å². The van der Waals surface area contributed by atoms with E-state index >= 15 is 0 Å². The fourth-order valence-electron chi connectivity index (χ4n) is 3.11. The Morgan fingerprint density at radius 1 is 1.36 bits per heavy atom. The Bertz CT molecular complexity index is 849. The van der Waals surface area contributed by atoms with Gasteiger partial charge in [0.2, 0.25) is 0 Å². The molecule has 1 fully saturated rings. The summed E-state index contributed by atoms with van der Waals surface area (Å²) >= 11 is 0. The lowest BCUT2D eigenvalue weighted by atomic mass is 9.94. The Labute approximate surface area is 162 Å². The largest absolute Gasteiger partial charge is 0.450 e. The highest BCUT2D eigenvalue weighted by Crippen LogP contribution is 2.26. The lowest BCUT2D eigenvalue weighted by molar-refractivity contribution is -0.384. The lowest BCUT2D eigenvalue weighted by Gasteiger charge is -2.33. The van der Waals surface area contributed by atoms with Crippen molar-refractivity contribution in [3.05, 3.63) is 28.3 Å². The van der Waals surface area contributed by atoms with Crippen LogP contribution in [0.5, 0.6) is 6.08 Å². The monoisotopic (exact) mass is 391 g/mol. The number of carbonyl (C=O) groups excluding carboxylic acids is 1. The number of amides is 1. The number of ether oxygens (including phenoxy) is 2. The molecule has 0 N–H and O–H groups in total. The highest BCUT2D eigenvalue weighted by atomic mass is 16.6. The molecule has 152 valence electrons. The number of hydrogen-bond donors (Lipinski definition) is 0. The number of rotatable bonds is 5. The summed E-state index contributed by atoms with van der Waals surface area (Å²) in [6.07, 6.45) is 2.45. The van der Waals surface area contributed by atoms with Gasteiger partial charge in [0.05, 0.1) is 11.5 Å². The van der Waals surface area contributed by atoms with Crippen LogP contribution in [0.25, 0.3) is 11.1 Å². The zero-order valence-electron chi connectivity index (χ0n) is 16.3. The Balaban J connectivity index is 1.44. The van der Waals surface area contributed by atoms with Crippen LogP contribution < -0.4 is 4.74 Å². The fraction of sp³-hybridized carbons (Fsp3) is 0.579. The van der Waals surface area contributed by atoms with Gasteiger partial charge in [-0.3, -0.25) is 10.1 Å². The van der Waals surface area contributed by atoms with E-state index < -0.39 is 10.5 Å². The molecule has 3 rings (SSSR count). The van der Waals surface area contributed by atoms with Gasteiger partial charge in [0, 0.05) is 25.2 Å². The van der Waals surface area contributed by atoms with Crippen LogP contribution in [0, 0.1) is 16.0 Å². The Hall–Kier alpha value is -2.84. The summed E-state index contributed by atoms with van der Waals surface area (Å²) in [6.45, 7) is 7.36. The number of likely N-dealkylation sites (tertiary alicyclic amines) is 1. The molecule has 2 heterocycles. The van der Waals surface area contributed by atoms with Crippen molar-refractivity contribution < 1.29 is 23.6 Å². The van der Waals surface area contributed by atoms with Gasteiger partial charge >= 0.3 is 12.2 Å². The van der Waals surface area contributed by atoms with Crippen LogP contribution in [0.3, 0.4) is 0 Å². The zero-order chi connectivity index (χ0) is 20.3. The normalized spacial score (nSPS) is 15.6. The number of aromatic nitrogens is 1. The number of hydrogen-bond acceptors (Lipinski definition) is 7. The molecule has 0 radical (unpaired) electrons. The summed E-state index contributed by atoms with van der Waals surface area (Å²) in [5.41, 5.74) is 0.326. The number of nitrogens with zero attached hydrogens (tertiary/aromatic N) is 3. The van der Waals surface area contributed by atoms with Crippen molar-refractivity contribution in [1.82, 2.24) is 9.88 Å². The summed E-state index contributed by atoms with van der Waals surface area (Å²) in [5, 5.41) is 10.8. The molecule has 0 aliphatic carbocycles. The zero-order valence-corrected chi connectivity index (χ0v) is 16.3. The van der Waals surface area contributed by atoms with Gasteiger partial charge in [-0.2, -0.15) is 4.98 Å². The molecule has 0 unspecified atom stereocenters. The average Bonchev–Trinajstić information content (AvgIpc) is 3.02. The molecular formula is C19H25N3O6. The molecule has 1 aromatic carbocycles. The van der Waals surface area contributed by atoms with Crippen LogP contribution in [0.2, 0.25) is 0 Å². The molecular weight excluding hydrogens is 366 g/mol. The molecule has 1 amide bonds. The summed E-state index contributed by atoms with van der Waals surface area (Å²) in [6, 6.07) is 4.24. The first kappa shape index (κ1) is 19.9. The minimum absolute atomic E-state index is 0.0379. The van der Waals surface area contributed by atoms with Gasteiger partial charge in [0.15, 0.2) is 5.58 Å².